The summed E-state index contributed by atoms with van der Waals surface area (Å²) in [5, 5.41) is 20.8. The molecule has 0 heterocycles. The third kappa shape index (κ3) is 2.70. The molecule has 0 radical (unpaired) electrons. The summed E-state index contributed by atoms with van der Waals surface area (Å²) < 4.78 is 4.93. The highest BCUT2D eigenvalue weighted by atomic mass is 16.6. The molecule has 0 aliphatic heterocycles. The highest BCUT2D eigenvalue weighted by molar-refractivity contribution is 5.54. The molecule has 3 N–H and O–H groups in total. The van der Waals surface area contributed by atoms with Gasteiger partial charge in [-0.25, -0.2) is 0 Å². The van der Waals surface area contributed by atoms with Gasteiger partial charge in [0.05, 0.1) is 18.1 Å². The average Bonchev–Trinajstić information content (AvgIpc) is 2.26. The molecule has 0 unspecified atom stereocenters. The first-order valence-corrected chi connectivity index (χ1v) is 5.49. The van der Waals surface area contributed by atoms with Crippen LogP contribution in [0, 0.1) is 15.5 Å². The molecular weight excluding hydrogens is 236 g/mol. The van der Waals surface area contributed by atoms with Crippen LogP contribution < -0.4 is 10.5 Å². The van der Waals surface area contributed by atoms with Crippen molar-refractivity contribution in [2.24, 2.45) is 11.1 Å². The first kappa shape index (κ1) is 14.2. The third-order valence-corrected chi connectivity index (χ3v) is 2.79. The second kappa shape index (κ2) is 4.81. The Kier molecular flexibility index (Phi) is 3.81. The highest BCUT2D eigenvalue weighted by Gasteiger charge is 2.28. The molecule has 6 heteroatoms. The van der Waals surface area contributed by atoms with Crippen LogP contribution in [0.15, 0.2) is 12.1 Å². The topological polar surface area (TPSA) is 98.6 Å². The quantitative estimate of drug-likeness (QED) is 0.637. The van der Waals surface area contributed by atoms with E-state index in [0.717, 1.165) is 0 Å². The second-order valence-corrected chi connectivity index (χ2v) is 5.19. The predicted molar refractivity (Wildman–Crippen MR) is 67.7 cm³/mol. The molecule has 1 aromatic carbocycles. The minimum Gasteiger partial charge on any atom is -0.504 e. The summed E-state index contributed by atoms with van der Waals surface area (Å²) >= 11 is 0. The molecule has 100 valence electrons. The number of phenolic OH excluding ortho intramolecular Hbond substituents is 1. The van der Waals surface area contributed by atoms with Crippen LogP contribution in [0.25, 0.3) is 0 Å². The number of benzene rings is 1. The second-order valence-electron chi connectivity index (χ2n) is 5.19. The summed E-state index contributed by atoms with van der Waals surface area (Å²) in [5.41, 5.74) is 5.85. The fraction of sp³-hybridized carbons (Fsp3) is 0.500. The maximum atomic E-state index is 10.8. The lowest BCUT2D eigenvalue weighted by Gasteiger charge is -2.28. The van der Waals surface area contributed by atoms with Crippen molar-refractivity contribution in [3.63, 3.8) is 0 Å². The fourth-order valence-corrected chi connectivity index (χ4v) is 1.58. The van der Waals surface area contributed by atoms with E-state index in [0.29, 0.717) is 5.56 Å². The number of hydrogen-bond donors (Lipinski definition) is 2. The molecule has 0 spiro atoms. The molecule has 18 heavy (non-hydrogen) atoms. The largest absolute Gasteiger partial charge is 0.504 e. The molecule has 0 aliphatic carbocycles. The molecule has 0 aromatic heterocycles. The molecule has 0 saturated heterocycles. The molecule has 0 fully saturated rings. The molecule has 1 rings (SSSR count). The minimum atomic E-state index is -0.541. The monoisotopic (exact) mass is 254 g/mol. The van der Waals surface area contributed by atoms with E-state index in [1.165, 1.54) is 19.2 Å². The maximum Gasteiger partial charge on any atom is 0.273 e. The number of methoxy groups -OCH3 is 1. The first-order valence-electron chi connectivity index (χ1n) is 5.49. The number of ether oxygens (including phenoxy) is 1. The molecule has 1 aromatic rings. The standard InChI is InChI=1S/C12H18N2O4/c1-12(2,3)11(13)8-5-7(14(16)17)6-9(18-4)10(8)15/h5-6,11,15H,13H2,1-4H3/t11-/m0/s1. The zero-order valence-electron chi connectivity index (χ0n) is 10.9. The summed E-state index contributed by atoms with van der Waals surface area (Å²) in [5.74, 6) is -0.0931. The molecule has 6 nitrogen and oxygen atoms in total. The predicted octanol–water partition coefficient (Wildman–Crippen LogP) is 2.35. The van der Waals surface area contributed by atoms with Gasteiger partial charge in [-0.05, 0) is 5.41 Å². The number of aromatic hydroxyl groups is 1. The minimum absolute atomic E-state index is 0.0545. The number of nitrogens with two attached hydrogens (primary N) is 1. The molecule has 0 saturated carbocycles. The summed E-state index contributed by atoms with van der Waals surface area (Å²) in [6, 6.07) is 1.92. The zero-order valence-corrected chi connectivity index (χ0v) is 10.9. The number of nitrogens with zero attached hydrogens (tertiary/aromatic N) is 1. The lowest BCUT2D eigenvalue weighted by atomic mass is 9.82. The number of rotatable bonds is 3. The van der Waals surface area contributed by atoms with Crippen molar-refractivity contribution in [1.29, 1.82) is 0 Å². The third-order valence-electron chi connectivity index (χ3n) is 2.79. The van der Waals surface area contributed by atoms with Crippen molar-refractivity contribution >= 4 is 5.69 Å². The Balaban J connectivity index is 3.42. The van der Waals surface area contributed by atoms with Gasteiger partial charge < -0.3 is 15.6 Å². The van der Waals surface area contributed by atoms with E-state index in [-0.39, 0.29) is 22.6 Å². The fourth-order valence-electron chi connectivity index (χ4n) is 1.58. The van der Waals surface area contributed by atoms with Gasteiger partial charge in [0.2, 0.25) is 0 Å². The van der Waals surface area contributed by atoms with Gasteiger partial charge >= 0.3 is 0 Å². The normalized spacial score (nSPS) is 13.2. The van der Waals surface area contributed by atoms with Gasteiger partial charge in [-0.15, -0.1) is 0 Å². The summed E-state index contributed by atoms with van der Waals surface area (Å²) in [4.78, 5) is 10.3. The zero-order chi connectivity index (χ0) is 14.1. The van der Waals surface area contributed by atoms with Crippen LogP contribution in [0.2, 0.25) is 0 Å². The lowest BCUT2D eigenvalue weighted by molar-refractivity contribution is -0.385. The van der Waals surface area contributed by atoms with Crippen LogP contribution in [0.3, 0.4) is 0 Å². The highest BCUT2D eigenvalue weighted by Crippen LogP contribution is 2.42. The average molecular weight is 254 g/mol. The number of non-ortho nitro benzene ring substituents is 1. The molecule has 0 aliphatic rings. The van der Waals surface area contributed by atoms with Gasteiger partial charge in [0.1, 0.15) is 0 Å². The van der Waals surface area contributed by atoms with Crippen molar-refractivity contribution < 1.29 is 14.8 Å². The van der Waals surface area contributed by atoms with Gasteiger partial charge in [-0.1, -0.05) is 20.8 Å². The number of nitro groups is 1. The van der Waals surface area contributed by atoms with E-state index in [2.05, 4.69) is 0 Å². The number of nitro benzene ring substituents is 1. The Labute approximate surface area is 106 Å². The van der Waals surface area contributed by atoms with E-state index in [9.17, 15) is 15.2 Å². The van der Waals surface area contributed by atoms with Crippen molar-refractivity contribution in [1.82, 2.24) is 0 Å². The van der Waals surface area contributed by atoms with E-state index >= 15 is 0 Å². The van der Waals surface area contributed by atoms with Crippen LogP contribution >= 0.6 is 0 Å². The molecular formula is C12H18N2O4. The Morgan fingerprint density at radius 2 is 2.00 bits per heavy atom. The van der Waals surface area contributed by atoms with E-state index in [1.807, 2.05) is 20.8 Å². The van der Waals surface area contributed by atoms with Crippen molar-refractivity contribution in [3.05, 3.63) is 27.8 Å². The van der Waals surface area contributed by atoms with Crippen molar-refractivity contribution in [2.75, 3.05) is 7.11 Å². The molecule has 0 amide bonds. The van der Waals surface area contributed by atoms with E-state index in [4.69, 9.17) is 10.5 Å². The maximum absolute atomic E-state index is 10.8. The van der Waals surface area contributed by atoms with Crippen LogP contribution in [0.1, 0.15) is 32.4 Å². The Bertz CT molecular complexity index is 466. The first-order chi connectivity index (χ1) is 8.18. The van der Waals surface area contributed by atoms with E-state index < -0.39 is 11.0 Å². The Hall–Kier alpha value is -1.82. The smallest absolute Gasteiger partial charge is 0.273 e. The molecule has 1 atom stereocenters. The molecule has 0 bridgehead atoms. The van der Waals surface area contributed by atoms with Crippen molar-refractivity contribution in [2.45, 2.75) is 26.8 Å². The van der Waals surface area contributed by atoms with Crippen molar-refractivity contribution in [3.8, 4) is 11.5 Å². The van der Waals surface area contributed by atoms with Crippen LogP contribution in [0.5, 0.6) is 11.5 Å². The van der Waals surface area contributed by atoms with E-state index in [1.54, 1.807) is 0 Å². The lowest BCUT2D eigenvalue weighted by Crippen LogP contribution is -2.26. The van der Waals surface area contributed by atoms with Crippen LogP contribution in [-0.2, 0) is 0 Å². The van der Waals surface area contributed by atoms with Gasteiger partial charge in [0, 0.05) is 17.7 Å². The summed E-state index contributed by atoms with van der Waals surface area (Å²) in [6.07, 6.45) is 0. The SMILES string of the molecule is COc1cc([N+](=O)[O-])cc([C@H](N)C(C)(C)C)c1O. The Morgan fingerprint density at radius 1 is 1.44 bits per heavy atom. The van der Waals surface area contributed by atoms with Crippen LogP contribution in [0.4, 0.5) is 5.69 Å². The van der Waals surface area contributed by atoms with Crippen LogP contribution in [-0.4, -0.2) is 17.1 Å². The van der Waals surface area contributed by atoms with Gasteiger partial charge in [0.15, 0.2) is 11.5 Å². The van der Waals surface area contributed by atoms with Gasteiger partial charge in [-0.3, -0.25) is 10.1 Å². The summed E-state index contributed by atoms with van der Waals surface area (Å²) in [7, 11) is 1.34. The number of hydrogen-bond acceptors (Lipinski definition) is 5. The van der Waals surface area contributed by atoms with Gasteiger partial charge in [-0.2, -0.15) is 0 Å². The Morgan fingerprint density at radius 3 is 2.39 bits per heavy atom. The number of phenols is 1. The summed E-state index contributed by atoms with van der Waals surface area (Å²) in [6.45, 7) is 5.67. The van der Waals surface area contributed by atoms with Gasteiger partial charge in [0.25, 0.3) is 5.69 Å².